The molecule has 0 bridgehead atoms. The van der Waals surface area contributed by atoms with Crippen LogP contribution in [0.5, 0.6) is 11.5 Å². The Bertz CT molecular complexity index is 795. The molecule has 2 aromatic carbocycles. The van der Waals surface area contributed by atoms with Crippen molar-refractivity contribution in [3.05, 3.63) is 59.7 Å². The van der Waals surface area contributed by atoms with Crippen molar-refractivity contribution < 1.29 is 19.0 Å². The van der Waals surface area contributed by atoms with E-state index in [1.54, 1.807) is 23.1 Å². The fourth-order valence-corrected chi connectivity index (χ4v) is 2.80. The maximum Gasteiger partial charge on any atom is 0.268 e. The van der Waals surface area contributed by atoms with Gasteiger partial charge in [0, 0.05) is 24.7 Å². The van der Waals surface area contributed by atoms with Crippen molar-refractivity contribution in [3.8, 4) is 17.6 Å². The summed E-state index contributed by atoms with van der Waals surface area (Å²) in [4.78, 5) is 14.8. The molecule has 26 heavy (non-hydrogen) atoms. The molecular formula is C20H20N2O4. The van der Waals surface area contributed by atoms with Gasteiger partial charge in [0.2, 0.25) is 6.10 Å². The third kappa shape index (κ3) is 3.95. The van der Waals surface area contributed by atoms with Gasteiger partial charge in [-0.15, -0.1) is 0 Å². The van der Waals surface area contributed by atoms with Gasteiger partial charge in [-0.05, 0) is 12.1 Å². The Hall–Kier alpha value is -3.04. The molecule has 1 amide bonds. The van der Waals surface area contributed by atoms with Crippen molar-refractivity contribution in [3.63, 3.8) is 0 Å². The minimum atomic E-state index is -0.795. The van der Waals surface area contributed by atoms with Crippen LogP contribution < -0.4 is 9.47 Å². The molecule has 6 nitrogen and oxygen atoms in total. The molecule has 0 radical (unpaired) electrons. The van der Waals surface area contributed by atoms with Crippen LogP contribution in [0.4, 0.5) is 0 Å². The van der Waals surface area contributed by atoms with Gasteiger partial charge in [0.1, 0.15) is 0 Å². The second-order valence-corrected chi connectivity index (χ2v) is 5.82. The molecule has 1 fully saturated rings. The second kappa shape index (κ2) is 8.37. The van der Waals surface area contributed by atoms with Gasteiger partial charge in [0.05, 0.1) is 32.0 Å². The van der Waals surface area contributed by atoms with Gasteiger partial charge in [-0.3, -0.25) is 4.79 Å². The predicted octanol–water partition coefficient (Wildman–Crippen LogP) is 2.55. The first-order valence-electron chi connectivity index (χ1n) is 8.39. The van der Waals surface area contributed by atoms with Crippen LogP contribution in [0.15, 0.2) is 48.5 Å². The first kappa shape index (κ1) is 17.8. The van der Waals surface area contributed by atoms with Gasteiger partial charge in [0.15, 0.2) is 11.5 Å². The maximum atomic E-state index is 13.1. The second-order valence-electron chi connectivity index (χ2n) is 5.82. The fraction of sp³-hybridized carbons (Fsp3) is 0.300. The Morgan fingerprint density at radius 1 is 1.15 bits per heavy atom. The van der Waals surface area contributed by atoms with Crippen molar-refractivity contribution >= 4 is 5.91 Å². The van der Waals surface area contributed by atoms with Gasteiger partial charge in [-0.2, -0.15) is 5.26 Å². The zero-order chi connectivity index (χ0) is 18.4. The third-order valence-corrected chi connectivity index (χ3v) is 4.19. The lowest BCUT2D eigenvalue weighted by Gasteiger charge is -2.31. The SMILES string of the molecule is COc1cc(C#N)ccc1O[C@@H](C(=O)N1CCOCC1)c1ccccc1. The van der Waals surface area contributed by atoms with Crippen molar-refractivity contribution in [1.29, 1.82) is 5.26 Å². The summed E-state index contributed by atoms with van der Waals surface area (Å²) in [6, 6.07) is 16.3. The molecule has 0 spiro atoms. The number of ether oxygens (including phenoxy) is 3. The van der Waals surface area contributed by atoms with Crippen LogP contribution in [0.2, 0.25) is 0 Å². The lowest BCUT2D eigenvalue weighted by Crippen LogP contribution is -2.44. The highest BCUT2D eigenvalue weighted by molar-refractivity contribution is 5.83. The highest BCUT2D eigenvalue weighted by atomic mass is 16.5. The van der Waals surface area contributed by atoms with E-state index in [1.807, 2.05) is 30.3 Å². The van der Waals surface area contributed by atoms with Crippen LogP contribution in [0.1, 0.15) is 17.2 Å². The Kier molecular flexibility index (Phi) is 5.72. The number of amides is 1. The summed E-state index contributed by atoms with van der Waals surface area (Å²) >= 11 is 0. The summed E-state index contributed by atoms with van der Waals surface area (Å²) in [5.74, 6) is 0.715. The molecule has 1 heterocycles. The van der Waals surface area contributed by atoms with E-state index in [4.69, 9.17) is 19.5 Å². The van der Waals surface area contributed by atoms with Crippen LogP contribution in [-0.2, 0) is 9.53 Å². The topological polar surface area (TPSA) is 71.8 Å². The van der Waals surface area contributed by atoms with Gasteiger partial charge >= 0.3 is 0 Å². The number of morpholine rings is 1. The molecule has 6 heteroatoms. The summed E-state index contributed by atoms with van der Waals surface area (Å²) < 4.78 is 16.7. The Labute approximate surface area is 152 Å². The lowest BCUT2D eigenvalue weighted by atomic mass is 10.1. The smallest absolute Gasteiger partial charge is 0.268 e. The van der Waals surface area contributed by atoms with E-state index in [1.165, 1.54) is 7.11 Å². The highest BCUT2D eigenvalue weighted by Crippen LogP contribution is 2.33. The number of carbonyl (C=O) groups excluding carboxylic acids is 1. The van der Waals surface area contributed by atoms with Crippen molar-refractivity contribution in [2.45, 2.75) is 6.10 Å². The van der Waals surface area contributed by atoms with Crippen LogP contribution in [0.25, 0.3) is 0 Å². The van der Waals surface area contributed by atoms with E-state index < -0.39 is 6.10 Å². The van der Waals surface area contributed by atoms with E-state index in [-0.39, 0.29) is 5.91 Å². The number of benzene rings is 2. The van der Waals surface area contributed by atoms with E-state index in [2.05, 4.69) is 6.07 Å². The first-order valence-corrected chi connectivity index (χ1v) is 8.39. The molecule has 0 aliphatic carbocycles. The number of methoxy groups -OCH3 is 1. The van der Waals surface area contributed by atoms with E-state index in [9.17, 15) is 4.79 Å². The summed E-state index contributed by atoms with van der Waals surface area (Å²) in [5, 5.41) is 9.05. The van der Waals surface area contributed by atoms with Crippen LogP contribution in [0, 0.1) is 11.3 Å². The first-order chi connectivity index (χ1) is 12.7. The number of nitrogens with zero attached hydrogens (tertiary/aromatic N) is 2. The van der Waals surface area contributed by atoms with E-state index in [0.29, 0.717) is 43.4 Å². The number of rotatable bonds is 5. The molecule has 2 aromatic rings. The molecule has 0 N–H and O–H groups in total. The van der Waals surface area contributed by atoms with Crippen molar-refractivity contribution in [2.75, 3.05) is 33.4 Å². The fourth-order valence-electron chi connectivity index (χ4n) is 2.80. The molecule has 1 aliphatic heterocycles. The summed E-state index contributed by atoms with van der Waals surface area (Å²) in [5.41, 5.74) is 1.22. The maximum absolute atomic E-state index is 13.1. The zero-order valence-electron chi connectivity index (χ0n) is 14.6. The molecule has 134 valence electrons. The Balaban J connectivity index is 1.91. The lowest BCUT2D eigenvalue weighted by molar-refractivity contribution is -0.143. The van der Waals surface area contributed by atoms with Crippen LogP contribution in [0.3, 0.4) is 0 Å². The van der Waals surface area contributed by atoms with Gasteiger partial charge < -0.3 is 19.1 Å². The molecule has 1 atom stereocenters. The molecule has 1 aliphatic rings. The number of hydrogen-bond donors (Lipinski definition) is 0. The normalized spacial score (nSPS) is 15.0. The third-order valence-electron chi connectivity index (χ3n) is 4.19. The van der Waals surface area contributed by atoms with Gasteiger partial charge in [-0.1, -0.05) is 30.3 Å². The molecule has 3 rings (SSSR count). The average Bonchev–Trinajstić information content (AvgIpc) is 2.72. The summed E-state index contributed by atoms with van der Waals surface area (Å²) in [6.07, 6.45) is -0.795. The minimum absolute atomic E-state index is 0.120. The quantitative estimate of drug-likeness (QED) is 0.827. The standard InChI is InChI=1S/C20H20N2O4/c1-24-18-13-15(14-21)7-8-17(18)26-19(16-5-3-2-4-6-16)20(23)22-9-11-25-12-10-22/h2-8,13,19H,9-12H2,1H3/t19-/m1/s1. The van der Waals surface area contributed by atoms with Crippen LogP contribution >= 0.6 is 0 Å². The largest absolute Gasteiger partial charge is 0.493 e. The van der Waals surface area contributed by atoms with Crippen LogP contribution in [-0.4, -0.2) is 44.2 Å². The molecule has 0 aromatic heterocycles. The molecule has 0 unspecified atom stereocenters. The monoisotopic (exact) mass is 352 g/mol. The Morgan fingerprint density at radius 3 is 2.54 bits per heavy atom. The van der Waals surface area contributed by atoms with E-state index in [0.717, 1.165) is 5.56 Å². The highest BCUT2D eigenvalue weighted by Gasteiger charge is 2.29. The number of carbonyl (C=O) groups is 1. The number of nitriles is 1. The number of hydrogen-bond acceptors (Lipinski definition) is 5. The van der Waals surface area contributed by atoms with Gasteiger partial charge in [-0.25, -0.2) is 0 Å². The minimum Gasteiger partial charge on any atom is -0.493 e. The average molecular weight is 352 g/mol. The molecule has 1 saturated heterocycles. The Morgan fingerprint density at radius 2 is 1.88 bits per heavy atom. The molecular weight excluding hydrogens is 332 g/mol. The summed E-state index contributed by atoms with van der Waals surface area (Å²) in [7, 11) is 1.50. The van der Waals surface area contributed by atoms with Crippen molar-refractivity contribution in [2.24, 2.45) is 0 Å². The van der Waals surface area contributed by atoms with Gasteiger partial charge in [0.25, 0.3) is 5.91 Å². The van der Waals surface area contributed by atoms with Crippen molar-refractivity contribution in [1.82, 2.24) is 4.90 Å². The zero-order valence-corrected chi connectivity index (χ0v) is 14.6. The van der Waals surface area contributed by atoms with E-state index >= 15 is 0 Å². The predicted molar refractivity (Wildman–Crippen MR) is 94.9 cm³/mol. The summed E-state index contributed by atoms with van der Waals surface area (Å²) in [6.45, 7) is 2.12. The molecule has 0 saturated carbocycles.